The Kier molecular flexibility index (Phi) is 5.69. The Labute approximate surface area is 145 Å². The standard InChI is InChI=1S/C19H20N2O2S/c22-19(20-10-8-16-5-2-1-3-6-16)21(13-17-9-12-24-15-17)14-18-7-4-11-23-18/h1-7,9,11-12,15H,8,10,13-14H2,(H,20,22). The molecule has 0 saturated heterocycles. The predicted molar refractivity (Wildman–Crippen MR) is 95.8 cm³/mol. The molecule has 2 amide bonds. The van der Waals surface area contributed by atoms with Gasteiger partial charge in [0, 0.05) is 13.1 Å². The molecular weight excluding hydrogens is 320 g/mol. The number of urea groups is 1. The summed E-state index contributed by atoms with van der Waals surface area (Å²) in [6.45, 7) is 1.64. The van der Waals surface area contributed by atoms with Crippen LogP contribution >= 0.6 is 11.3 Å². The van der Waals surface area contributed by atoms with Crippen LogP contribution in [-0.2, 0) is 19.5 Å². The lowest BCUT2D eigenvalue weighted by Gasteiger charge is -2.22. The first-order valence-electron chi connectivity index (χ1n) is 7.91. The molecule has 2 aromatic heterocycles. The highest BCUT2D eigenvalue weighted by molar-refractivity contribution is 7.07. The first kappa shape index (κ1) is 16.3. The quantitative estimate of drug-likeness (QED) is 0.697. The molecule has 24 heavy (non-hydrogen) atoms. The number of carbonyl (C=O) groups is 1. The maximum absolute atomic E-state index is 12.6. The van der Waals surface area contributed by atoms with Gasteiger partial charge in [-0.1, -0.05) is 30.3 Å². The van der Waals surface area contributed by atoms with E-state index in [-0.39, 0.29) is 6.03 Å². The largest absolute Gasteiger partial charge is 0.467 e. The highest BCUT2D eigenvalue weighted by Gasteiger charge is 2.15. The zero-order chi connectivity index (χ0) is 16.6. The van der Waals surface area contributed by atoms with Crippen LogP contribution in [0.3, 0.4) is 0 Å². The Bertz CT molecular complexity index is 688. The fraction of sp³-hybridized carbons (Fsp3) is 0.211. The lowest BCUT2D eigenvalue weighted by Crippen LogP contribution is -2.39. The van der Waals surface area contributed by atoms with Crippen molar-refractivity contribution < 1.29 is 9.21 Å². The molecule has 0 fully saturated rings. The summed E-state index contributed by atoms with van der Waals surface area (Å²) in [5, 5.41) is 7.09. The Hall–Kier alpha value is -2.53. The van der Waals surface area contributed by atoms with Gasteiger partial charge in [-0.15, -0.1) is 0 Å². The van der Waals surface area contributed by atoms with Gasteiger partial charge in [-0.2, -0.15) is 11.3 Å². The summed E-state index contributed by atoms with van der Waals surface area (Å²) in [7, 11) is 0. The second-order valence-electron chi connectivity index (χ2n) is 5.53. The van der Waals surface area contributed by atoms with E-state index in [1.807, 2.05) is 41.8 Å². The lowest BCUT2D eigenvalue weighted by molar-refractivity contribution is 0.187. The van der Waals surface area contributed by atoms with Crippen molar-refractivity contribution in [2.75, 3.05) is 6.54 Å². The molecule has 0 aliphatic carbocycles. The number of furan rings is 1. The van der Waals surface area contributed by atoms with Gasteiger partial charge in [-0.3, -0.25) is 0 Å². The first-order valence-corrected chi connectivity index (χ1v) is 8.86. The van der Waals surface area contributed by atoms with Gasteiger partial charge in [0.2, 0.25) is 0 Å². The summed E-state index contributed by atoms with van der Waals surface area (Å²) in [6.07, 6.45) is 2.45. The van der Waals surface area contributed by atoms with E-state index in [0.717, 1.165) is 17.7 Å². The summed E-state index contributed by atoms with van der Waals surface area (Å²) in [5.74, 6) is 0.781. The molecule has 1 N–H and O–H groups in total. The summed E-state index contributed by atoms with van der Waals surface area (Å²) in [5.41, 5.74) is 2.35. The Balaban J connectivity index is 1.57. The number of nitrogens with zero attached hydrogens (tertiary/aromatic N) is 1. The molecule has 0 radical (unpaired) electrons. The highest BCUT2D eigenvalue weighted by atomic mass is 32.1. The minimum atomic E-state index is -0.0754. The van der Waals surface area contributed by atoms with Gasteiger partial charge in [-0.25, -0.2) is 4.79 Å². The fourth-order valence-electron chi connectivity index (χ4n) is 2.46. The van der Waals surface area contributed by atoms with Crippen LogP contribution in [0.1, 0.15) is 16.9 Å². The zero-order valence-corrected chi connectivity index (χ0v) is 14.2. The van der Waals surface area contributed by atoms with Gasteiger partial charge in [0.15, 0.2) is 0 Å². The molecule has 0 aliphatic rings. The fourth-order valence-corrected chi connectivity index (χ4v) is 3.12. The Morgan fingerprint density at radius 3 is 2.62 bits per heavy atom. The van der Waals surface area contributed by atoms with Crippen molar-refractivity contribution in [2.24, 2.45) is 0 Å². The van der Waals surface area contributed by atoms with Crippen molar-refractivity contribution in [1.82, 2.24) is 10.2 Å². The molecule has 0 aliphatic heterocycles. The van der Waals surface area contributed by atoms with Gasteiger partial charge in [0.1, 0.15) is 5.76 Å². The van der Waals surface area contributed by atoms with Crippen LogP contribution in [0.4, 0.5) is 4.79 Å². The third-order valence-electron chi connectivity index (χ3n) is 3.70. The number of thiophene rings is 1. The molecule has 0 bridgehead atoms. The van der Waals surface area contributed by atoms with Crippen molar-refractivity contribution in [3.63, 3.8) is 0 Å². The highest BCUT2D eigenvalue weighted by Crippen LogP contribution is 2.13. The molecule has 3 rings (SSSR count). The van der Waals surface area contributed by atoms with Crippen molar-refractivity contribution in [2.45, 2.75) is 19.5 Å². The number of nitrogens with one attached hydrogen (secondary N) is 1. The third-order valence-corrected chi connectivity index (χ3v) is 4.43. The molecule has 4 nitrogen and oxygen atoms in total. The Morgan fingerprint density at radius 1 is 1.04 bits per heavy atom. The summed E-state index contributed by atoms with van der Waals surface area (Å²) in [4.78, 5) is 14.3. The van der Waals surface area contributed by atoms with Crippen LogP contribution in [-0.4, -0.2) is 17.5 Å². The molecule has 0 saturated carbocycles. The summed E-state index contributed by atoms with van der Waals surface area (Å²) in [6, 6.07) is 15.8. The van der Waals surface area contributed by atoms with Crippen LogP contribution in [0.25, 0.3) is 0 Å². The predicted octanol–water partition coefficient (Wildman–Crippen LogP) is 4.30. The molecule has 124 valence electrons. The topological polar surface area (TPSA) is 45.5 Å². The molecule has 3 aromatic rings. The molecule has 1 aromatic carbocycles. The smallest absolute Gasteiger partial charge is 0.318 e. The number of carbonyl (C=O) groups excluding carboxylic acids is 1. The third kappa shape index (κ3) is 4.73. The minimum Gasteiger partial charge on any atom is -0.467 e. The average Bonchev–Trinajstić information content (AvgIpc) is 3.29. The number of amides is 2. The monoisotopic (exact) mass is 340 g/mol. The van der Waals surface area contributed by atoms with Crippen LogP contribution in [0.2, 0.25) is 0 Å². The van der Waals surface area contributed by atoms with Crippen LogP contribution in [0.15, 0.2) is 70.0 Å². The van der Waals surface area contributed by atoms with Crippen molar-refractivity contribution in [3.05, 3.63) is 82.4 Å². The van der Waals surface area contributed by atoms with Gasteiger partial charge < -0.3 is 14.6 Å². The van der Waals surface area contributed by atoms with Crippen LogP contribution in [0.5, 0.6) is 0 Å². The van der Waals surface area contributed by atoms with E-state index in [1.165, 1.54) is 5.56 Å². The second-order valence-corrected chi connectivity index (χ2v) is 6.31. The maximum Gasteiger partial charge on any atom is 0.318 e. The van der Waals surface area contributed by atoms with Crippen molar-refractivity contribution in [3.8, 4) is 0 Å². The van der Waals surface area contributed by atoms with E-state index in [0.29, 0.717) is 19.6 Å². The van der Waals surface area contributed by atoms with Gasteiger partial charge >= 0.3 is 6.03 Å². The number of hydrogen-bond donors (Lipinski definition) is 1. The van der Waals surface area contributed by atoms with Gasteiger partial charge in [-0.05, 0) is 46.5 Å². The van der Waals surface area contributed by atoms with Gasteiger partial charge in [0.25, 0.3) is 0 Å². The van der Waals surface area contributed by atoms with Crippen LogP contribution < -0.4 is 5.32 Å². The van der Waals surface area contributed by atoms with Gasteiger partial charge in [0.05, 0.1) is 12.8 Å². The van der Waals surface area contributed by atoms with Crippen LogP contribution in [0, 0.1) is 0 Å². The SMILES string of the molecule is O=C(NCCc1ccccc1)N(Cc1ccsc1)Cc1ccco1. The number of rotatable bonds is 7. The van der Waals surface area contributed by atoms with E-state index in [2.05, 4.69) is 22.8 Å². The summed E-state index contributed by atoms with van der Waals surface area (Å²) >= 11 is 1.63. The van der Waals surface area contributed by atoms with E-state index < -0.39 is 0 Å². The molecule has 2 heterocycles. The lowest BCUT2D eigenvalue weighted by atomic mass is 10.1. The molecule has 0 unspecified atom stereocenters. The second kappa shape index (κ2) is 8.36. The first-order chi connectivity index (χ1) is 11.8. The maximum atomic E-state index is 12.6. The number of hydrogen-bond acceptors (Lipinski definition) is 3. The summed E-state index contributed by atoms with van der Waals surface area (Å²) < 4.78 is 5.39. The van der Waals surface area contributed by atoms with Crippen molar-refractivity contribution >= 4 is 17.4 Å². The molecular formula is C19H20N2O2S. The molecule has 0 spiro atoms. The number of benzene rings is 1. The average molecular weight is 340 g/mol. The van der Waals surface area contributed by atoms with Crippen molar-refractivity contribution in [1.29, 1.82) is 0 Å². The van der Waals surface area contributed by atoms with E-state index >= 15 is 0 Å². The molecule has 0 atom stereocenters. The zero-order valence-electron chi connectivity index (χ0n) is 13.4. The van der Waals surface area contributed by atoms with E-state index in [9.17, 15) is 4.79 Å². The van der Waals surface area contributed by atoms with E-state index in [4.69, 9.17) is 4.42 Å². The minimum absolute atomic E-state index is 0.0754. The molecule has 5 heteroatoms. The Morgan fingerprint density at radius 2 is 1.92 bits per heavy atom. The van der Waals surface area contributed by atoms with E-state index in [1.54, 1.807) is 22.5 Å². The normalized spacial score (nSPS) is 10.5.